The van der Waals surface area contributed by atoms with Crippen LogP contribution in [-0.2, 0) is 0 Å². The molecule has 0 amide bonds. The van der Waals surface area contributed by atoms with Crippen molar-refractivity contribution in [3.8, 4) is 11.5 Å². The Bertz CT molecular complexity index is 572. The SMILES string of the molecule is COc1ccc(OC)c(C(=O)c2cscc2C)c1. The summed E-state index contributed by atoms with van der Waals surface area (Å²) in [6.45, 7) is 1.93. The smallest absolute Gasteiger partial charge is 0.197 e. The van der Waals surface area contributed by atoms with Crippen molar-refractivity contribution < 1.29 is 14.3 Å². The lowest BCUT2D eigenvalue weighted by Gasteiger charge is -2.09. The van der Waals surface area contributed by atoms with Crippen molar-refractivity contribution in [3.05, 3.63) is 45.6 Å². The first kappa shape index (κ1) is 12.6. The monoisotopic (exact) mass is 262 g/mol. The van der Waals surface area contributed by atoms with Crippen molar-refractivity contribution in [2.75, 3.05) is 14.2 Å². The van der Waals surface area contributed by atoms with Crippen LogP contribution in [0, 0.1) is 6.92 Å². The summed E-state index contributed by atoms with van der Waals surface area (Å²) < 4.78 is 10.4. The molecule has 0 aliphatic rings. The summed E-state index contributed by atoms with van der Waals surface area (Å²) in [6.07, 6.45) is 0. The summed E-state index contributed by atoms with van der Waals surface area (Å²) in [5, 5.41) is 3.82. The molecular weight excluding hydrogens is 248 g/mol. The number of thiophene rings is 1. The van der Waals surface area contributed by atoms with Crippen LogP contribution in [0.4, 0.5) is 0 Å². The van der Waals surface area contributed by atoms with Crippen LogP contribution < -0.4 is 9.47 Å². The van der Waals surface area contributed by atoms with Gasteiger partial charge in [-0.25, -0.2) is 0 Å². The number of carbonyl (C=O) groups is 1. The van der Waals surface area contributed by atoms with E-state index in [0.29, 0.717) is 22.6 Å². The maximum absolute atomic E-state index is 12.4. The molecule has 0 unspecified atom stereocenters. The van der Waals surface area contributed by atoms with Crippen LogP contribution in [0.25, 0.3) is 0 Å². The summed E-state index contributed by atoms with van der Waals surface area (Å²) in [7, 11) is 3.13. The zero-order valence-electron chi connectivity index (χ0n) is 10.5. The molecule has 1 heterocycles. The second kappa shape index (κ2) is 5.23. The lowest BCUT2D eigenvalue weighted by atomic mass is 10.0. The summed E-state index contributed by atoms with van der Waals surface area (Å²) >= 11 is 1.52. The van der Waals surface area contributed by atoms with Gasteiger partial charge in [-0.3, -0.25) is 4.79 Å². The summed E-state index contributed by atoms with van der Waals surface area (Å²) in [5.74, 6) is 1.17. The molecule has 0 saturated carbocycles. The highest BCUT2D eigenvalue weighted by Gasteiger charge is 2.17. The van der Waals surface area contributed by atoms with Crippen LogP contribution in [0.1, 0.15) is 21.5 Å². The van der Waals surface area contributed by atoms with Gasteiger partial charge < -0.3 is 9.47 Å². The first-order valence-corrected chi connectivity index (χ1v) is 6.41. The quantitative estimate of drug-likeness (QED) is 0.793. The molecule has 0 aliphatic carbocycles. The van der Waals surface area contributed by atoms with Crippen LogP contribution >= 0.6 is 11.3 Å². The zero-order valence-corrected chi connectivity index (χ0v) is 11.3. The minimum Gasteiger partial charge on any atom is -0.497 e. The molecule has 1 aromatic carbocycles. The minimum atomic E-state index is -0.0375. The predicted octanol–water partition coefficient (Wildman–Crippen LogP) is 3.30. The molecule has 0 radical (unpaired) electrons. The Kier molecular flexibility index (Phi) is 3.67. The van der Waals surface area contributed by atoms with Crippen molar-refractivity contribution in [3.63, 3.8) is 0 Å². The number of rotatable bonds is 4. The lowest BCUT2D eigenvalue weighted by Crippen LogP contribution is -2.04. The molecule has 18 heavy (non-hydrogen) atoms. The molecule has 3 nitrogen and oxygen atoms in total. The normalized spacial score (nSPS) is 10.2. The van der Waals surface area contributed by atoms with E-state index in [2.05, 4.69) is 0 Å². The number of ketones is 1. The highest BCUT2D eigenvalue weighted by Crippen LogP contribution is 2.28. The predicted molar refractivity (Wildman–Crippen MR) is 72.0 cm³/mol. The van der Waals surface area contributed by atoms with Gasteiger partial charge >= 0.3 is 0 Å². The Morgan fingerprint density at radius 1 is 1.11 bits per heavy atom. The van der Waals surface area contributed by atoms with Gasteiger partial charge in [-0.1, -0.05) is 0 Å². The van der Waals surface area contributed by atoms with E-state index < -0.39 is 0 Å². The summed E-state index contributed by atoms with van der Waals surface area (Å²) in [5.41, 5.74) is 2.22. The van der Waals surface area contributed by atoms with Gasteiger partial charge in [0.15, 0.2) is 5.78 Å². The third-order valence-electron chi connectivity index (χ3n) is 2.75. The van der Waals surface area contributed by atoms with Crippen LogP contribution in [0.5, 0.6) is 11.5 Å². The second-order valence-electron chi connectivity index (χ2n) is 3.86. The van der Waals surface area contributed by atoms with E-state index in [4.69, 9.17) is 9.47 Å². The lowest BCUT2D eigenvalue weighted by molar-refractivity contribution is 0.103. The molecule has 0 fully saturated rings. The maximum atomic E-state index is 12.4. The molecule has 94 valence electrons. The van der Waals surface area contributed by atoms with Crippen molar-refractivity contribution in [1.29, 1.82) is 0 Å². The first-order valence-electron chi connectivity index (χ1n) is 5.47. The first-order chi connectivity index (χ1) is 8.67. The zero-order chi connectivity index (χ0) is 13.1. The van der Waals surface area contributed by atoms with E-state index >= 15 is 0 Å². The Morgan fingerprint density at radius 3 is 2.44 bits per heavy atom. The molecule has 0 spiro atoms. The molecule has 0 bridgehead atoms. The third kappa shape index (κ3) is 2.24. The Balaban J connectivity index is 2.49. The fourth-order valence-electron chi connectivity index (χ4n) is 1.73. The van der Waals surface area contributed by atoms with E-state index in [0.717, 1.165) is 5.56 Å². The number of carbonyl (C=O) groups excluding carboxylic acids is 1. The second-order valence-corrected chi connectivity index (χ2v) is 4.61. The van der Waals surface area contributed by atoms with Gasteiger partial charge in [0.2, 0.25) is 0 Å². The molecule has 0 aliphatic heterocycles. The van der Waals surface area contributed by atoms with Crippen LogP contribution in [-0.4, -0.2) is 20.0 Å². The molecule has 0 atom stereocenters. The van der Waals surface area contributed by atoms with Gasteiger partial charge in [-0.15, -0.1) is 0 Å². The standard InChI is InChI=1S/C14H14O3S/c1-9-7-18-8-12(9)14(15)11-6-10(16-2)4-5-13(11)17-3/h4-8H,1-3H3. The number of aryl methyl sites for hydroxylation is 1. The van der Waals surface area contributed by atoms with E-state index in [1.54, 1.807) is 32.4 Å². The van der Waals surface area contributed by atoms with Crippen molar-refractivity contribution in [2.24, 2.45) is 0 Å². The number of hydrogen-bond donors (Lipinski definition) is 0. The molecule has 4 heteroatoms. The van der Waals surface area contributed by atoms with Crippen LogP contribution in [0.15, 0.2) is 29.0 Å². The van der Waals surface area contributed by atoms with E-state index in [1.165, 1.54) is 11.3 Å². The average molecular weight is 262 g/mol. The third-order valence-corrected chi connectivity index (χ3v) is 3.61. The number of benzene rings is 1. The molecule has 0 saturated heterocycles. The minimum absolute atomic E-state index is 0.0375. The molecule has 1 aromatic heterocycles. The Hall–Kier alpha value is -1.81. The van der Waals surface area contributed by atoms with Gasteiger partial charge in [-0.05, 0) is 36.1 Å². The fraction of sp³-hybridized carbons (Fsp3) is 0.214. The highest BCUT2D eigenvalue weighted by atomic mass is 32.1. The fourth-order valence-corrected chi connectivity index (χ4v) is 2.56. The van der Waals surface area contributed by atoms with Gasteiger partial charge in [0, 0.05) is 10.9 Å². The number of hydrogen-bond acceptors (Lipinski definition) is 4. The number of methoxy groups -OCH3 is 2. The Labute approximate surface area is 110 Å². The average Bonchev–Trinajstić information content (AvgIpc) is 2.83. The molecule has 0 N–H and O–H groups in total. The van der Waals surface area contributed by atoms with Gasteiger partial charge in [0.1, 0.15) is 11.5 Å². The van der Waals surface area contributed by atoms with Crippen LogP contribution in [0.3, 0.4) is 0 Å². The molecular formula is C14H14O3S. The van der Waals surface area contributed by atoms with Gasteiger partial charge in [0.05, 0.1) is 19.8 Å². The number of ether oxygens (including phenoxy) is 2. The topological polar surface area (TPSA) is 35.5 Å². The summed E-state index contributed by atoms with van der Waals surface area (Å²) in [4.78, 5) is 12.4. The largest absolute Gasteiger partial charge is 0.497 e. The summed E-state index contributed by atoms with van der Waals surface area (Å²) in [6, 6.07) is 5.22. The van der Waals surface area contributed by atoms with E-state index in [1.807, 2.05) is 17.7 Å². The van der Waals surface area contributed by atoms with E-state index in [-0.39, 0.29) is 5.78 Å². The maximum Gasteiger partial charge on any atom is 0.197 e. The van der Waals surface area contributed by atoms with Crippen molar-refractivity contribution >= 4 is 17.1 Å². The van der Waals surface area contributed by atoms with E-state index in [9.17, 15) is 4.79 Å². The molecule has 2 aromatic rings. The highest BCUT2D eigenvalue weighted by molar-refractivity contribution is 7.08. The Morgan fingerprint density at radius 2 is 1.89 bits per heavy atom. The van der Waals surface area contributed by atoms with Gasteiger partial charge in [-0.2, -0.15) is 11.3 Å². The van der Waals surface area contributed by atoms with Crippen molar-refractivity contribution in [2.45, 2.75) is 6.92 Å². The molecule has 2 rings (SSSR count). The van der Waals surface area contributed by atoms with Gasteiger partial charge in [0.25, 0.3) is 0 Å². The van der Waals surface area contributed by atoms with Crippen molar-refractivity contribution in [1.82, 2.24) is 0 Å². The van der Waals surface area contributed by atoms with Crippen LogP contribution in [0.2, 0.25) is 0 Å².